The van der Waals surface area contributed by atoms with E-state index in [1.54, 1.807) is 60.7 Å². The van der Waals surface area contributed by atoms with Crippen LogP contribution in [0.2, 0.25) is 5.02 Å². The van der Waals surface area contributed by atoms with Gasteiger partial charge in [-0.2, -0.15) is 5.10 Å². The lowest BCUT2D eigenvalue weighted by Crippen LogP contribution is -2.29. The maximum Gasteiger partial charge on any atom is 0.271 e. The van der Waals surface area contributed by atoms with Crippen molar-refractivity contribution >= 4 is 45.3 Å². The van der Waals surface area contributed by atoms with Crippen molar-refractivity contribution in [3.05, 3.63) is 94.5 Å². The zero-order valence-corrected chi connectivity index (χ0v) is 20.3. The smallest absolute Gasteiger partial charge is 0.271 e. The van der Waals surface area contributed by atoms with E-state index in [4.69, 9.17) is 22.1 Å². The number of nitrogens with zero attached hydrogens (tertiary/aromatic N) is 2. The number of hydrogen-bond acceptors (Lipinski definition) is 6. The number of nitrogens with two attached hydrogens (primary N) is 1. The molecule has 0 aliphatic heterocycles. The molecule has 3 aromatic rings. The number of nitrogens with one attached hydrogen (secondary N) is 1. The summed E-state index contributed by atoms with van der Waals surface area (Å²) in [6, 6.07) is 19.8. The Morgan fingerprint density at radius 1 is 1.06 bits per heavy atom. The topological polar surface area (TPSA) is 131 Å². The van der Waals surface area contributed by atoms with E-state index in [1.165, 1.54) is 22.7 Å². The molecule has 35 heavy (non-hydrogen) atoms. The standard InChI is InChI=1S/C24H23ClN4O5S/c1-35(32,33)29(15-19-4-2-3-5-22(19)25)20-10-8-18(9-11-20)24(31)28-27-14-17-6-12-21(13-7-17)34-16-23(26)30/h2-14H,15-16H2,1H3,(H2,26,30)(H,28,31)/b27-14-. The first-order chi connectivity index (χ1) is 16.6. The molecular weight excluding hydrogens is 492 g/mol. The van der Waals surface area contributed by atoms with Gasteiger partial charge < -0.3 is 10.5 Å². The van der Waals surface area contributed by atoms with Crippen LogP contribution in [-0.4, -0.2) is 39.3 Å². The van der Waals surface area contributed by atoms with E-state index in [0.29, 0.717) is 33.1 Å². The summed E-state index contributed by atoms with van der Waals surface area (Å²) in [6.07, 6.45) is 2.55. The maximum absolute atomic E-state index is 12.4. The second-order valence-electron chi connectivity index (χ2n) is 7.43. The normalized spacial score (nSPS) is 11.3. The highest BCUT2D eigenvalue weighted by molar-refractivity contribution is 7.92. The fourth-order valence-corrected chi connectivity index (χ4v) is 4.07. The van der Waals surface area contributed by atoms with Gasteiger partial charge in [-0.15, -0.1) is 0 Å². The summed E-state index contributed by atoms with van der Waals surface area (Å²) in [5, 5.41) is 4.38. The van der Waals surface area contributed by atoms with E-state index in [1.807, 2.05) is 0 Å². The molecule has 0 aromatic heterocycles. The summed E-state index contributed by atoms with van der Waals surface area (Å²) in [5.41, 5.74) is 9.49. The Hall–Kier alpha value is -3.89. The average molecular weight is 515 g/mol. The Bertz CT molecular complexity index is 1330. The fourth-order valence-electron chi connectivity index (χ4n) is 2.99. The summed E-state index contributed by atoms with van der Waals surface area (Å²) >= 11 is 6.19. The Balaban J connectivity index is 1.64. The van der Waals surface area contributed by atoms with Gasteiger partial charge in [-0.3, -0.25) is 13.9 Å². The lowest BCUT2D eigenvalue weighted by atomic mass is 10.2. The van der Waals surface area contributed by atoms with Crippen LogP contribution < -0.4 is 20.2 Å². The highest BCUT2D eigenvalue weighted by Gasteiger charge is 2.19. The molecule has 0 spiro atoms. The summed E-state index contributed by atoms with van der Waals surface area (Å²) in [7, 11) is -3.60. The molecule has 0 bridgehead atoms. The second kappa shape index (κ2) is 11.5. The first kappa shape index (κ1) is 25.7. The molecular formula is C24H23ClN4O5S. The number of amides is 2. The molecule has 0 radical (unpaired) electrons. The van der Waals surface area contributed by atoms with E-state index < -0.39 is 21.8 Å². The second-order valence-corrected chi connectivity index (χ2v) is 9.75. The lowest BCUT2D eigenvalue weighted by molar-refractivity contribution is -0.119. The molecule has 0 heterocycles. The van der Waals surface area contributed by atoms with Crippen molar-refractivity contribution < 1.29 is 22.7 Å². The van der Waals surface area contributed by atoms with Gasteiger partial charge in [0.05, 0.1) is 24.7 Å². The number of anilines is 1. The minimum absolute atomic E-state index is 0.0563. The fraction of sp³-hybridized carbons (Fsp3) is 0.125. The molecule has 0 fully saturated rings. The molecule has 0 unspecified atom stereocenters. The largest absolute Gasteiger partial charge is 0.484 e. The number of rotatable bonds is 10. The van der Waals surface area contributed by atoms with E-state index in [0.717, 1.165) is 6.26 Å². The minimum Gasteiger partial charge on any atom is -0.484 e. The highest BCUT2D eigenvalue weighted by Crippen LogP contribution is 2.24. The number of ether oxygens (including phenoxy) is 1. The van der Waals surface area contributed by atoms with Gasteiger partial charge in [-0.25, -0.2) is 13.8 Å². The molecule has 0 atom stereocenters. The molecule has 0 aliphatic rings. The van der Waals surface area contributed by atoms with Crippen LogP contribution in [0.1, 0.15) is 21.5 Å². The summed E-state index contributed by atoms with van der Waals surface area (Å²) < 4.78 is 31.2. The molecule has 182 valence electrons. The van der Waals surface area contributed by atoms with E-state index in [2.05, 4.69) is 10.5 Å². The Labute approximate surface area is 208 Å². The van der Waals surface area contributed by atoms with Crippen LogP contribution in [0.25, 0.3) is 0 Å². The van der Waals surface area contributed by atoms with Gasteiger partial charge in [-0.1, -0.05) is 29.8 Å². The van der Waals surface area contributed by atoms with Crippen LogP contribution in [0.4, 0.5) is 5.69 Å². The molecule has 0 aliphatic carbocycles. The number of benzene rings is 3. The Morgan fingerprint density at radius 2 is 1.71 bits per heavy atom. The Kier molecular flexibility index (Phi) is 8.45. The van der Waals surface area contributed by atoms with Crippen molar-refractivity contribution in [3.8, 4) is 5.75 Å². The van der Waals surface area contributed by atoms with E-state index in [9.17, 15) is 18.0 Å². The van der Waals surface area contributed by atoms with Crippen molar-refractivity contribution in [3.63, 3.8) is 0 Å². The van der Waals surface area contributed by atoms with Gasteiger partial charge in [0.15, 0.2) is 6.61 Å². The summed E-state index contributed by atoms with van der Waals surface area (Å²) in [4.78, 5) is 23.2. The van der Waals surface area contributed by atoms with E-state index in [-0.39, 0.29) is 13.2 Å². The van der Waals surface area contributed by atoms with Crippen LogP contribution in [0, 0.1) is 0 Å². The molecule has 3 rings (SSSR count). The van der Waals surface area contributed by atoms with Gasteiger partial charge >= 0.3 is 0 Å². The monoisotopic (exact) mass is 514 g/mol. The SMILES string of the molecule is CS(=O)(=O)N(Cc1ccccc1Cl)c1ccc(C(=O)N/N=C\c2ccc(OCC(N)=O)cc2)cc1. The first-order valence-corrected chi connectivity index (χ1v) is 12.5. The molecule has 3 N–H and O–H groups in total. The van der Waals surface area contributed by atoms with Crippen LogP contribution in [-0.2, 0) is 21.4 Å². The van der Waals surface area contributed by atoms with Gasteiger partial charge in [0.25, 0.3) is 11.8 Å². The Morgan fingerprint density at radius 3 is 2.31 bits per heavy atom. The number of primary amides is 1. The third-order valence-electron chi connectivity index (χ3n) is 4.73. The zero-order chi connectivity index (χ0) is 25.4. The number of carbonyl (C=O) groups is 2. The lowest BCUT2D eigenvalue weighted by Gasteiger charge is -2.23. The number of sulfonamides is 1. The number of hydrogen-bond donors (Lipinski definition) is 2. The average Bonchev–Trinajstić information content (AvgIpc) is 2.82. The van der Waals surface area contributed by atoms with Crippen molar-refractivity contribution in [1.29, 1.82) is 0 Å². The zero-order valence-electron chi connectivity index (χ0n) is 18.7. The highest BCUT2D eigenvalue weighted by atomic mass is 35.5. The van der Waals surface area contributed by atoms with Crippen LogP contribution in [0.3, 0.4) is 0 Å². The predicted molar refractivity (Wildman–Crippen MR) is 135 cm³/mol. The number of carbonyl (C=O) groups excluding carboxylic acids is 2. The van der Waals surface area contributed by atoms with Crippen molar-refractivity contribution in [2.75, 3.05) is 17.2 Å². The van der Waals surface area contributed by atoms with Crippen LogP contribution in [0.15, 0.2) is 77.9 Å². The minimum atomic E-state index is -3.60. The molecule has 11 heteroatoms. The molecule has 9 nitrogen and oxygen atoms in total. The summed E-state index contributed by atoms with van der Waals surface area (Å²) in [6.45, 7) is -0.162. The van der Waals surface area contributed by atoms with E-state index >= 15 is 0 Å². The van der Waals surface area contributed by atoms with Gasteiger partial charge in [0.2, 0.25) is 10.0 Å². The van der Waals surface area contributed by atoms with Crippen molar-refractivity contribution in [2.24, 2.45) is 10.8 Å². The van der Waals surface area contributed by atoms with Gasteiger partial charge in [0, 0.05) is 10.6 Å². The molecule has 0 saturated carbocycles. The predicted octanol–water partition coefficient (Wildman–Crippen LogP) is 2.93. The molecule has 2 amide bonds. The summed E-state index contributed by atoms with van der Waals surface area (Å²) in [5.74, 6) is -0.565. The third-order valence-corrected chi connectivity index (χ3v) is 6.24. The maximum atomic E-state index is 12.4. The van der Waals surface area contributed by atoms with Gasteiger partial charge in [0.1, 0.15) is 5.75 Å². The van der Waals surface area contributed by atoms with Crippen molar-refractivity contribution in [2.45, 2.75) is 6.54 Å². The molecule has 3 aromatic carbocycles. The first-order valence-electron chi connectivity index (χ1n) is 10.3. The quantitative estimate of drug-likeness (QED) is 0.317. The van der Waals surface area contributed by atoms with Gasteiger partial charge in [-0.05, 0) is 65.7 Å². The van der Waals surface area contributed by atoms with Crippen LogP contribution in [0.5, 0.6) is 5.75 Å². The number of halogens is 1. The molecule has 0 saturated heterocycles. The van der Waals surface area contributed by atoms with Crippen molar-refractivity contribution in [1.82, 2.24) is 5.43 Å². The third kappa shape index (κ3) is 7.56. The number of hydrazone groups is 1. The van der Waals surface area contributed by atoms with Crippen LogP contribution >= 0.6 is 11.6 Å².